The molecule has 7 heteroatoms. The Bertz CT molecular complexity index is 491. The van der Waals surface area contributed by atoms with Crippen molar-refractivity contribution in [3.8, 4) is 5.75 Å². The molecule has 0 fully saturated rings. The number of hydrogen-bond acceptors (Lipinski definition) is 3. The van der Waals surface area contributed by atoms with E-state index in [0.29, 0.717) is 6.92 Å². The predicted molar refractivity (Wildman–Crippen MR) is 62.3 cm³/mol. The maximum atomic E-state index is 13.1. The number of anilines is 1. The molecule has 18 heavy (non-hydrogen) atoms. The van der Waals surface area contributed by atoms with Crippen LogP contribution in [0.25, 0.3) is 0 Å². The number of alkyl halides is 2. The van der Waals surface area contributed by atoms with Crippen LogP contribution in [0.4, 0.5) is 14.5 Å². The maximum Gasteiger partial charge on any atom is 0.381 e. The lowest BCUT2D eigenvalue weighted by Gasteiger charge is -2.15. The summed E-state index contributed by atoms with van der Waals surface area (Å²) < 4.78 is 31.1. The van der Waals surface area contributed by atoms with Gasteiger partial charge in [-0.2, -0.15) is 8.78 Å². The second-order valence-electron chi connectivity index (χ2n) is 3.43. The first kappa shape index (κ1) is 14.4. The number of carbonyl (C=O) groups excluding carboxylic acids is 2. The van der Waals surface area contributed by atoms with Crippen molar-refractivity contribution in [3.63, 3.8) is 0 Å². The average molecular weight is 278 g/mol. The summed E-state index contributed by atoms with van der Waals surface area (Å²) in [6.07, 6.45) is 0. The van der Waals surface area contributed by atoms with Gasteiger partial charge in [-0.05, 0) is 18.2 Å². The highest BCUT2D eigenvalue weighted by atomic mass is 35.5. The van der Waals surface area contributed by atoms with Crippen molar-refractivity contribution >= 4 is 29.0 Å². The van der Waals surface area contributed by atoms with E-state index in [0.717, 1.165) is 0 Å². The molecule has 0 heterocycles. The van der Waals surface area contributed by atoms with Gasteiger partial charge in [0.25, 0.3) is 0 Å². The van der Waals surface area contributed by atoms with Crippen molar-refractivity contribution in [2.75, 3.05) is 12.4 Å². The van der Waals surface area contributed by atoms with Crippen molar-refractivity contribution in [2.45, 2.75) is 12.8 Å². The Morgan fingerprint density at radius 2 is 2.00 bits per heavy atom. The highest BCUT2D eigenvalue weighted by Gasteiger charge is 2.44. The molecule has 0 radical (unpaired) electrons. The van der Waals surface area contributed by atoms with Crippen molar-refractivity contribution in [2.24, 2.45) is 0 Å². The molecule has 0 aliphatic rings. The van der Waals surface area contributed by atoms with Gasteiger partial charge in [-0.15, -0.1) is 0 Å². The second kappa shape index (κ2) is 5.30. The van der Waals surface area contributed by atoms with Gasteiger partial charge < -0.3 is 10.1 Å². The zero-order valence-electron chi connectivity index (χ0n) is 9.59. The summed E-state index contributed by atoms with van der Waals surface area (Å²) in [5, 5.41) is 2.14. The molecule has 4 nitrogen and oxygen atoms in total. The van der Waals surface area contributed by atoms with Gasteiger partial charge in [0, 0.05) is 11.9 Å². The largest absolute Gasteiger partial charge is 0.495 e. The number of Topliss-reactive ketones (excluding diaryl/α,β-unsaturated/α-hetero) is 1. The van der Waals surface area contributed by atoms with Crippen LogP contribution in [-0.4, -0.2) is 24.7 Å². The van der Waals surface area contributed by atoms with Crippen molar-refractivity contribution < 1.29 is 23.1 Å². The summed E-state index contributed by atoms with van der Waals surface area (Å²) in [6, 6.07) is 4.12. The smallest absolute Gasteiger partial charge is 0.381 e. The van der Waals surface area contributed by atoms with Crippen LogP contribution in [0, 0.1) is 0 Å². The first-order valence-corrected chi connectivity index (χ1v) is 5.20. The highest BCUT2D eigenvalue weighted by Crippen LogP contribution is 2.29. The standard InChI is InChI=1S/C11H10ClF2NO3/c1-6(16)11(13,14)10(17)15-8-5-7(12)3-4-9(8)18-2/h3-5H,1-2H3,(H,15,17). The highest BCUT2D eigenvalue weighted by molar-refractivity contribution is 6.31. The summed E-state index contributed by atoms with van der Waals surface area (Å²) in [4.78, 5) is 21.9. The summed E-state index contributed by atoms with van der Waals surface area (Å²) in [6.45, 7) is 0.634. The Hall–Kier alpha value is -1.69. The van der Waals surface area contributed by atoms with Gasteiger partial charge >= 0.3 is 11.8 Å². The first-order chi connectivity index (χ1) is 8.28. The van der Waals surface area contributed by atoms with Crippen molar-refractivity contribution in [1.82, 2.24) is 0 Å². The Balaban J connectivity index is 3.01. The molecule has 1 aromatic rings. The molecule has 98 valence electrons. The fourth-order valence-electron chi connectivity index (χ4n) is 1.14. The minimum absolute atomic E-state index is 0.0316. The van der Waals surface area contributed by atoms with E-state index in [2.05, 4.69) is 0 Å². The SMILES string of the molecule is COc1ccc(Cl)cc1NC(=O)C(F)(F)C(C)=O. The number of methoxy groups -OCH3 is 1. The molecular formula is C11H10ClF2NO3. The lowest BCUT2D eigenvalue weighted by Crippen LogP contribution is -2.40. The third-order valence-electron chi connectivity index (χ3n) is 2.14. The molecule has 0 spiro atoms. The average Bonchev–Trinajstić information content (AvgIpc) is 2.29. The minimum Gasteiger partial charge on any atom is -0.495 e. The van der Waals surface area contributed by atoms with E-state index >= 15 is 0 Å². The van der Waals surface area contributed by atoms with E-state index in [1.165, 1.54) is 25.3 Å². The number of carbonyl (C=O) groups is 2. The molecule has 1 aromatic carbocycles. The van der Waals surface area contributed by atoms with Gasteiger partial charge in [0.15, 0.2) is 0 Å². The monoisotopic (exact) mass is 277 g/mol. The predicted octanol–water partition coefficient (Wildman–Crippen LogP) is 2.51. The Labute approximate surface area is 107 Å². The van der Waals surface area contributed by atoms with Crippen LogP contribution in [0.15, 0.2) is 18.2 Å². The zero-order valence-corrected chi connectivity index (χ0v) is 10.3. The summed E-state index contributed by atoms with van der Waals surface area (Å²) >= 11 is 5.67. The third-order valence-corrected chi connectivity index (χ3v) is 2.37. The molecule has 0 bridgehead atoms. The molecule has 0 saturated carbocycles. The van der Waals surface area contributed by atoms with Crippen LogP contribution in [-0.2, 0) is 9.59 Å². The van der Waals surface area contributed by atoms with Gasteiger partial charge in [0.05, 0.1) is 12.8 Å². The molecule has 0 saturated heterocycles. The zero-order chi connectivity index (χ0) is 13.9. The number of amides is 1. The van der Waals surface area contributed by atoms with Crippen molar-refractivity contribution in [3.05, 3.63) is 23.2 Å². The Morgan fingerprint density at radius 1 is 1.39 bits per heavy atom. The van der Waals surface area contributed by atoms with Crippen LogP contribution in [0.1, 0.15) is 6.92 Å². The minimum atomic E-state index is -4.09. The van der Waals surface area contributed by atoms with E-state index in [1.54, 1.807) is 0 Å². The lowest BCUT2D eigenvalue weighted by molar-refractivity contribution is -0.153. The molecule has 1 N–H and O–H groups in total. The molecule has 1 amide bonds. The van der Waals surface area contributed by atoms with Gasteiger partial charge in [-0.3, -0.25) is 9.59 Å². The Kier molecular flexibility index (Phi) is 4.24. The van der Waals surface area contributed by atoms with Crippen LogP contribution in [0.5, 0.6) is 5.75 Å². The van der Waals surface area contributed by atoms with Gasteiger partial charge in [0.1, 0.15) is 5.75 Å². The van der Waals surface area contributed by atoms with E-state index in [4.69, 9.17) is 16.3 Å². The number of rotatable bonds is 4. The quantitative estimate of drug-likeness (QED) is 0.861. The summed E-state index contributed by atoms with van der Waals surface area (Å²) in [5.74, 6) is -7.20. The van der Waals surface area contributed by atoms with E-state index in [-0.39, 0.29) is 16.5 Å². The van der Waals surface area contributed by atoms with Crippen LogP contribution in [0.3, 0.4) is 0 Å². The number of ketones is 1. The number of benzene rings is 1. The molecule has 0 aliphatic carbocycles. The molecule has 0 atom stereocenters. The number of hydrogen-bond donors (Lipinski definition) is 1. The lowest BCUT2D eigenvalue weighted by atomic mass is 10.2. The van der Waals surface area contributed by atoms with Crippen LogP contribution >= 0.6 is 11.6 Å². The first-order valence-electron chi connectivity index (χ1n) is 4.83. The molecule has 0 unspecified atom stereocenters. The molecular weight excluding hydrogens is 268 g/mol. The number of nitrogens with one attached hydrogen (secondary N) is 1. The van der Waals surface area contributed by atoms with E-state index < -0.39 is 17.6 Å². The third kappa shape index (κ3) is 2.95. The fourth-order valence-corrected chi connectivity index (χ4v) is 1.31. The summed E-state index contributed by atoms with van der Waals surface area (Å²) in [5.41, 5.74) is -0.0316. The normalized spacial score (nSPS) is 10.9. The molecule has 0 aromatic heterocycles. The maximum absolute atomic E-state index is 13.1. The van der Waals surface area contributed by atoms with E-state index in [1.807, 2.05) is 5.32 Å². The van der Waals surface area contributed by atoms with Crippen molar-refractivity contribution in [1.29, 1.82) is 0 Å². The van der Waals surface area contributed by atoms with Gasteiger partial charge in [-0.25, -0.2) is 0 Å². The van der Waals surface area contributed by atoms with Gasteiger partial charge in [0.2, 0.25) is 5.78 Å². The topological polar surface area (TPSA) is 55.4 Å². The van der Waals surface area contributed by atoms with Gasteiger partial charge in [-0.1, -0.05) is 11.6 Å². The van der Waals surface area contributed by atoms with Crippen LogP contribution < -0.4 is 10.1 Å². The van der Waals surface area contributed by atoms with E-state index in [9.17, 15) is 18.4 Å². The molecule has 0 aliphatic heterocycles. The molecule has 1 rings (SSSR count). The second-order valence-corrected chi connectivity index (χ2v) is 3.87. The Morgan fingerprint density at radius 3 is 2.50 bits per heavy atom. The summed E-state index contributed by atoms with van der Waals surface area (Å²) in [7, 11) is 1.31. The van der Waals surface area contributed by atoms with Crippen LogP contribution in [0.2, 0.25) is 5.02 Å². The number of ether oxygens (including phenoxy) is 1. The number of halogens is 3. The fraction of sp³-hybridized carbons (Fsp3) is 0.273.